The van der Waals surface area contributed by atoms with Gasteiger partial charge in [-0.1, -0.05) is 30.3 Å². The van der Waals surface area contributed by atoms with Crippen LogP contribution in [0, 0.1) is 5.92 Å². The Morgan fingerprint density at radius 1 is 1.20 bits per heavy atom. The summed E-state index contributed by atoms with van der Waals surface area (Å²) in [4.78, 5) is 37.7. The third kappa shape index (κ3) is 5.31. The van der Waals surface area contributed by atoms with Gasteiger partial charge in [0.25, 0.3) is 0 Å². The summed E-state index contributed by atoms with van der Waals surface area (Å²) in [7, 11) is 1.36. The lowest BCUT2D eigenvalue weighted by molar-refractivity contribution is -0.146. The van der Waals surface area contributed by atoms with Crippen LogP contribution in [0.1, 0.15) is 31.7 Å². The van der Waals surface area contributed by atoms with Crippen molar-refractivity contribution in [3.8, 4) is 0 Å². The van der Waals surface area contributed by atoms with E-state index >= 15 is 0 Å². The molecular weight excluding hydrogens is 322 g/mol. The van der Waals surface area contributed by atoms with Crippen molar-refractivity contribution < 1.29 is 23.9 Å². The van der Waals surface area contributed by atoms with Crippen molar-refractivity contribution in [3.63, 3.8) is 0 Å². The molecule has 1 aliphatic heterocycles. The van der Waals surface area contributed by atoms with Gasteiger partial charge in [-0.2, -0.15) is 0 Å². The fourth-order valence-corrected chi connectivity index (χ4v) is 3.28. The van der Waals surface area contributed by atoms with Crippen LogP contribution in [-0.4, -0.2) is 49.0 Å². The molecule has 0 spiro atoms. The van der Waals surface area contributed by atoms with Crippen LogP contribution in [0.4, 0.5) is 4.79 Å². The normalized spacial score (nSPS) is 20.0. The van der Waals surface area contributed by atoms with E-state index in [4.69, 9.17) is 9.47 Å². The smallest absolute Gasteiger partial charge is 0.409 e. The summed E-state index contributed by atoms with van der Waals surface area (Å²) in [5, 5.41) is 0. The zero-order valence-electron chi connectivity index (χ0n) is 14.8. The number of carbonyl (C=O) groups is 3. The second kappa shape index (κ2) is 9.20. The van der Waals surface area contributed by atoms with Gasteiger partial charge in [0.15, 0.2) is 0 Å². The molecule has 1 saturated heterocycles. The molecule has 2 rings (SSSR count). The summed E-state index contributed by atoms with van der Waals surface area (Å²) < 4.78 is 9.74. The van der Waals surface area contributed by atoms with Gasteiger partial charge in [-0.3, -0.25) is 9.59 Å². The molecule has 25 heavy (non-hydrogen) atoms. The number of likely N-dealkylation sites (tertiary alicyclic amines) is 1. The highest BCUT2D eigenvalue weighted by Crippen LogP contribution is 2.27. The Morgan fingerprint density at radius 3 is 2.56 bits per heavy atom. The topological polar surface area (TPSA) is 72.9 Å². The minimum atomic E-state index is -0.484. The minimum Gasteiger partial charge on any atom is -0.466 e. The molecule has 1 heterocycles. The van der Waals surface area contributed by atoms with E-state index < -0.39 is 5.97 Å². The second-order valence-electron chi connectivity index (χ2n) is 6.18. The van der Waals surface area contributed by atoms with Crippen LogP contribution in [0.5, 0.6) is 0 Å². The van der Waals surface area contributed by atoms with E-state index in [0.29, 0.717) is 25.8 Å². The van der Waals surface area contributed by atoms with E-state index in [2.05, 4.69) is 0 Å². The highest BCUT2D eigenvalue weighted by atomic mass is 16.5. The molecule has 0 saturated carbocycles. The van der Waals surface area contributed by atoms with Gasteiger partial charge in [0.2, 0.25) is 0 Å². The number of hydrogen-bond donors (Lipinski definition) is 0. The van der Waals surface area contributed by atoms with Crippen LogP contribution in [0.3, 0.4) is 0 Å². The maximum absolute atomic E-state index is 12.4. The van der Waals surface area contributed by atoms with E-state index in [9.17, 15) is 14.4 Å². The molecule has 6 nitrogen and oxygen atoms in total. The molecule has 6 heteroatoms. The molecule has 0 aromatic heterocycles. The zero-order valence-corrected chi connectivity index (χ0v) is 14.8. The standard InChI is InChI=1S/C19H25NO5/c1-3-25-18(22)13-17(21)15-9-10-20(19(23)24-2)16(12-15)11-14-7-5-4-6-8-14/h4-8,15-16H,3,9-13H2,1-2H3/t15-,16+/m1/s1. The average molecular weight is 347 g/mol. The summed E-state index contributed by atoms with van der Waals surface area (Å²) >= 11 is 0. The average Bonchev–Trinajstić information content (AvgIpc) is 2.62. The molecule has 0 bridgehead atoms. The quantitative estimate of drug-likeness (QED) is 0.584. The maximum atomic E-state index is 12.4. The third-order valence-electron chi connectivity index (χ3n) is 4.52. The number of rotatable bonds is 6. The Kier molecular flexibility index (Phi) is 6.98. The fourth-order valence-electron chi connectivity index (χ4n) is 3.28. The van der Waals surface area contributed by atoms with Crippen LogP contribution in [0.25, 0.3) is 0 Å². The Bertz CT molecular complexity index is 601. The largest absolute Gasteiger partial charge is 0.466 e. The number of Topliss-reactive ketones (excluding diaryl/α,β-unsaturated/α-hetero) is 1. The molecule has 1 aromatic rings. The van der Waals surface area contributed by atoms with Gasteiger partial charge < -0.3 is 14.4 Å². The molecule has 136 valence electrons. The molecule has 1 amide bonds. The van der Waals surface area contributed by atoms with E-state index in [0.717, 1.165) is 5.56 Å². The number of amides is 1. The lowest BCUT2D eigenvalue weighted by atomic mass is 9.84. The summed E-state index contributed by atoms with van der Waals surface area (Å²) in [6, 6.07) is 9.71. The molecule has 1 aliphatic rings. The maximum Gasteiger partial charge on any atom is 0.409 e. The SMILES string of the molecule is CCOC(=O)CC(=O)[C@@H]1CCN(C(=O)OC)[C@@H](Cc2ccccc2)C1. The summed E-state index contributed by atoms with van der Waals surface area (Å²) in [5.74, 6) is -0.831. The van der Waals surface area contributed by atoms with Crippen LogP contribution < -0.4 is 0 Å². The Balaban J connectivity index is 2.06. The van der Waals surface area contributed by atoms with Crippen LogP contribution in [0.15, 0.2) is 30.3 Å². The van der Waals surface area contributed by atoms with Crippen LogP contribution in [-0.2, 0) is 25.5 Å². The third-order valence-corrected chi connectivity index (χ3v) is 4.52. The molecule has 1 aromatic carbocycles. The van der Waals surface area contributed by atoms with Crippen molar-refractivity contribution in [3.05, 3.63) is 35.9 Å². The van der Waals surface area contributed by atoms with Crippen molar-refractivity contribution in [2.75, 3.05) is 20.3 Å². The first kappa shape index (κ1) is 19.0. The molecule has 0 radical (unpaired) electrons. The lowest BCUT2D eigenvalue weighted by Crippen LogP contribution is -2.48. The molecular formula is C19H25NO5. The van der Waals surface area contributed by atoms with Gasteiger partial charge >= 0.3 is 12.1 Å². The monoisotopic (exact) mass is 347 g/mol. The number of benzene rings is 1. The Hall–Kier alpha value is -2.37. The predicted octanol–water partition coefficient (Wildman–Crippen LogP) is 2.60. The molecule has 2 atom stereocenters. The zero-order chi connectivity index (χ0) is 18.2. The van der Waals surface area contributed by atoms with Crippen molar-refractivity contribution in [1.29, 1.82) is 0 Å². The van der Waals surface area contributed by atoms with Crippen molar-refractivity contribution in [2.45, 2.75) is 38.6 Å². The van der Waals surface area contributed by atoms with Gasteiger partial charge in [0.05, 0.1) is 13.7 Å². The first-order valence-corrected chi connectivity index (χ1v) is 8.62. The van der Waals surface area contributed by atoms with E-state index in [1.807, 2.05) is 30.3 Å². The van der Waals surface area contributed by atoms with Gasteiger partial charge in [-0.15, -0.1) is 0 Å². The van der Waals surface area contributed by atoms with Crippen molar-refractivity contribution >= 4 is 17.8 Å². The Morgan fingerprint density at radius 2 is 1.92 bits per heavy atom. The number of carbonyl (C=O) groups excluding carboxylic acids is 3. The lowest BCUT2D eigenvalue weighted by Gasteiger charge is -2.38. The molecule has 1 fully saturated rings. The Labute approximate surface area is 148 Å². The molecule has 0 unspecified atom stereocenters. The first-order chi connectivity index (χ1) is 12.0. The highest BCUT2D eigenvalue weighted by Gasteiger charge is 2.35. The van der Waals surface area contributed by atoms with Crippen molar-refractivity contribution in [1.82, 2.24) is 4.90 Å². The number of nitrogens with zero attached hydrogens (tertiary/aromatic N) is 1. The molecule has 0 N–H and O–H groups in total. The number of piperidine rings is 1. The van der Waals surface area contributed by atoms with Gasteiger partial charge in [-0.05, 0) is 31.7 Å². The summed E-state index contributed by atoms with van der Waals surface area (Å²) in [6.07, 6.45) is 1.15. The highest BCUT2D eigenvalue weighted by molar-refractivity contribution is 5.96. The number of ketones is 1. The number of esters is 1. The fraction of sp³-hybridized carbons (Fsp3) is 0.526. The van der Waals surface area contributed by atoms with E-state index in [1.54, 1.807) is 11.8 Å². The number of hydrogen-bond acceptors (Lipinski definition) is 5. The van der Waals surface area contributed by atoms with Crippen LogP contribution in [0.2, 0.25) is 0 Å². The minimum absolute atomic E-state index is 0.110. The predicted molar refractivity (Wildman–Crippen MR) is 92.0 cm³/mol. The van der Waals surface area contributed by atoms with E-state index in [-0.39, 0.29) is 36.9 Å². The number of ether oxygens (including phenoxy) is 2. The summed E-state index contributed by atoms with van der Waals surface area (Å²) in [6.45, 7) is 2.43. The van der Waals surface area contributed by atoms with Gasteiger partial charge in [0.1, 0.15) is 12.2 Å². The number of methoxy groups -OCH3 is 1. The van der Waals surface area contributed by atoms with Crippen molar-refractivity contribution in [2.24, 2.45) is 5.92 Å². The van der Waals surface area contributed by atoms with Crippen LogP contribution >= 0.6 is 0 Å². The first-order valence-electron chi connectivity index (χ1n) is 8.62. The second-order valence-corrected chi connectivity index (χ2v) is 6.18. The molecule has 0 aliphatic carbocycles. The summed E-state index contributed by atoms with van der Waals surface area (Å²) in [5.41, 5.74) is 1.10. The van der Waals surface area contributed by atoms with Gasteiger partial charge in [0, 0.05) is 18.5 Å². The van der Waals surface area contributed by atoms with Gasteiger partial charge in [-0.25, -0.2) is 4.79 Å². The van der Waals surface area contributed by atoms with E-state index in [1.165, 1.54) is 7.11 Å².